The molecule has 0 bridgehead atoms. The van der Waals surface area contributed by atoms with E-state index in [1.54, 1.807) is 21.9 Å². The van der Waals surface area contributed by atoms with E-state index in [-0.39, 0.29) is 23.3 Å². The van der Waals surface area contributed by atoms with Crippen LogP contribution in [-0.4, -0.2) is 47.8 Å². The summed E-state index contributed by atoms with van der Waals surface area (Å²) in [5.41, 5.74) is 0.717. The van der Waals surface area contributed by atoms with Gasteiger partial charge in [-0.1, -0.05) is 41.4 Å². The van der Waals surface area contributed by atoms with Gasteiger partial charge in [-0.15, -0.1) is 0 Å². The first-order chi connectivity index (χ1) is 10.4. The molecule has 0 atom stereocenters. The number of piperazine rings is 1. The van der Waals surface area contributed by atoms with E-state index in [9.17, 15) is 9.59 Å². The average molecular weight is 362 g/mol. The number of carbonyl (C=O) groups is 2. The molecule has 7 heteroatoms. The van der Waals surface area contributed by atoms with Crippen molar-refractivity contribution in [2.24, 2.45) is 0 Å². The quantitative estimate of drug-likeness (QED) is 0.613. The second-order valence-corrected chi connectivity index (χ2v) is 6.15. The fraction of sp³-hybridized carbons (Fsp3) is 0.333. The third-order valence-electron chi connectivity index (χ3n) is 3.52. The summed E-state index contributed by atoms with van der Waals surface area (Å²) < 4.78 is 0. The van der Waals surface area contributed by atoms with E-state index in [0.29, 0.717) is 41.8 Å². The predicted octanol–water partition coefficient (Wildman–Crippen LogP) is 3.05. The van der Waals surface area contributed by atoms with Gasteiger partial charge in [-0.25, -0.2) is 0 Å². The SMILES string of the molecule is C=CC(=O)N1CCN(C(=O)Cc2cc(Cl)c(Cl)c(Cl)c2)CC1. The zero-order valence-corrected chi connectivity index (χ0v) is 14.1. The summed E-state index contributed by atoms with van der Waals surface area (Å²) in [4.78, 5) is 27.2. The minimum absolute atomic E-state index is 0.0276. The van der Waals surface area contributed by atoms with E-state index >= 15 is 0 Å². The van der Waals surface area contributed by atoms with E-state index in [0.717, 1.165) is 0 Å². The van der Waals surface area contributed by atoms with Crippen molar-refractivity contribution in [2.45, 2.75) is 6.42 Å². The standard InChI is InChI=1S/C15H15Cl3N2O2/c1-2-13(21)19-3-5-20(6-4-19)14(22)9-10-7-11(16)15(18)12(17)8-10/h2,7-8H,1,3-6,9H2. The van der Waals surface area contributed by atoms with E-state index in [4.69, 9.17) is 34.8 Å². The molecule has 0 aliphatic carbocycles. The minimum Gasteiger partial charge on any atom is -0.339 e. The van der Waals surface area contributed by atoms with Gasteiger partial charge in [0.2, 0.25) is 11.8 Å². The molecule has 1 heterocycles. The van der Waals surface area contributed by atoms with E-state index in [1.165, 1.54) is 6.08 Å². The van der Waals surface area contributed by atoms with Crippen molar-refractivity contribution in [2.75, 3.05) is 26.2 Å². The zero-order valence-electron chi connectivity index (χ0n) is 11.8. The van der Waals surface area contributed by atoms with Crippen molar-refractivity contribution < 1.29 is 9.59 Å². The normalized spacial score (nSPS) is 14.9. The van der Waals surface area contributed by atoms with Crippen LogP contribution in [0.2, 0.25) is 15.1 Å². The highest BCUT2D eigenvalue weighted by atomic mass is 35.5. The number of nitrogens with zero attached hydrogens (tertiary/aromatic N) is 2. The number of hydrogen-bond donors (Lipinski definition) is 0. The third kappa shape index (κ3) is 3.94. The number of rotatable bonds is 3. The highest BCUT2D eigenvalue weighted by Crippen LogP contribution is 2.31. The molecule has 118 valence electrons. The first-order valence-corrected chi connectivity index (χ1v) is 7.88. The van der Waals surface area contributed by atoms with Crippen LogP contribution in [0.1, 0.15) is 5.56 Å². The van der Waals surface area contributed by atoms with E-state index in [2.05, 4.69) is 6.58 Å². The van der Waals surface area contributed by atoms with Crippen molar-refractivity contribution in [3.05, 3.63) is 45.4 Å². The van der Waals surface area contributed by atoms with Crippen LogP contribution in [0, 0.1) is 0 Å². The van der Waals surface area contributed by atoms with Crippen molar-refractivity contribution in [3.8, 4) is 0 Å². The molecule has 0 N–H and O–H groups in total. The maximum absolute atomic E-state index is 12.3. The van der Waals surface area contributed by atoms with Gasteiger partial charge in [-0.3, -0.25) is 9.59 Å². The Morgan fingerprint density at radius 1 is 1.05 bits per heavy atom. The number of carbonyl (C=O) groups excluding carboxylic acids is 2. The Labute approximate surface area is 144 Å². The maximum Gasteiger partial charge on any atom is 0.246 e. The van der Waals surface area contributed by atoms with Crippen LogP contribution in [0.4, 0.5) is 0 Å². The molecule has 1 aliphatic rings. The van der Waals surface area contributed by atoms with Crippen LogP contribution >= 0.6 is 34.8 Å². The highest BCUT2D eigenvalue weighted by molar-refractivity contribution is 6.48. The smallest absolute Gasteiger partial charge is 0.246 e. The molecule has 4 nitrogen and oxygen atoms in total. The van der Waals surface area contributed by atoms with Gasteiger partial charge in [0.05, 0.1) is 21.5 Å². The lowest BCUT2D eigenvalue weighted by atomic mass is 10.1. The number of benzene rings is 1. The topological polar surface area (TPSA) is 40.6 Å². The summed E-state index contributed by atoms with van der Waals surface area (Å²) in [5.74, 6) is -0.136. The number of amides is 2. The van der Waals surface area contributed by atoms with E-state index < -0.39 is 0 Å². The summed E-state index contributed by atoms with van der Waals surface area (Å²) in [5, 5.41) is 0.952. The first-order valence-electron chi connectivity index (χ1n) is 6.75. The fourth-order valence-electron chi connectivity index (χ4n) is 2.30. The second kappa shape index (κ2) is 7.36. The van der Waals surface area contributed by atoms with Gasteiger partial charge >= 0.3 is 0 Å². The predicted molar refractivity (Wildman–Crippen MR) is 88.5 cm³/mol. The Balaban J connectivity index is 1.96. The van der Waals surface area contributed by atoms with E-state index in [1.807, 2.05) is 0 Å². The molecule has 2 amide bonds. The van der Waals surface area contributed by atoms with Crippen molar-refractivity contribution >= 4 is 46.6 Å². The molecule has 22 heavy (non-hydrogen) atoms. The number of hydrogen-bond acceptors (Lipinski definition) is 2. The molecule has 0 saturated carbocycles. The molecule has 0 unspecified atom stereocenters. The van der Waals surface area contributed by atoms with Crippen LogP contribution < -0.4 is 0 Å². The zero-order chi connectivity index (χ0) is 16.3. The summed E-state index contributed by atoms with van der Waals surface area (Å²) in [6, 6.07) is 3.29. The lowest BCUT2D eigenvalue weighted by molar-refractivity contribution is -0.136. The summed E-state index contributed by atoms with van der Waals surface area (Å²) in [7, 11) is 0. The van der Waals surface area contributed by atoms with Crippen LogP contribution in [0.3, 0.4) is 0 Å². The lowest BCUT2D eigenvalue weighted by Crippen LogP contribution is -2.50. The molecular weight excluding hydrogens is 347 g/mol. The Morgan fingerprint density at radius 3 is 2.05 bits per heavy atom. The molecule has 0 aromatic heterocycles. The largest absolute Gasteiger partial charge is 0.339 e. The van der Waals surface area contributed by atoms with Gasteiger partial charge in [-0.2, -0.15) is 0 Å². The van der Waals surface area contributed by atoms with Crippen molar-refractivity contribution in [3.63, 3.8) is 0 Å². The van der Waals surface area contributed by atoms with Gasteiger partial charge in [0.15, 0.2) is 0 Å². The monoisotopic (exact) mass is 360 g/mol. The summed E-state index contributed by atoms with van der Waals surface area (Å²) >= 11 is 17.8. The van der Waals surface area contributed by atoms with Crippen molar-refractivity contribution in [1.82, 2.24) is 9.80 Å². The van der Waals surface area contributed by atoms with Crippen LogP contribution in [0.5, 0.6) is 0 Å². The second-order valence-electron chi connectivity index (χ2n) is 4.96. The Kier molecular flexibility index (Phi) is 5.73. The first kappa shape index (κ1) is 17.1. The highest BCUT2D eigenvalue weighted by Gasteiger charge is 2.23. The molecule has 1 fully saturated rings. The maximum atomic E-state index is 12.3. The molecule has 0 spiro atoms. The Morgan fingerprint density at radius 2 is 1.55 bits per heavy atom. The lowest BCUT2D eigenvalue weighted by Gasteiger charge is -2.34. The summed E-state index contributed by atoms with van der Waals surface area (Å²) in [6.07, 6.45) is 1.49. The van der Waals surface area contributed by atoms with Crippen LogP contribution in [0.25, 0.3) is 0 Å². The number of halogens is 3. The fourth-order valence-corrected chi connectivity index (χ4v) is 2.94. The summed E-state index contributed by atoms with van der Waals surface area (Å²) in [6.45, 7) is 5.50. The third-order valence-corrected chi connectivity index (χ3v) is 4.71. The Bertz CT molecular complexity index is 588. The van der Waals surface area contributed by atoms with Crippen LogP contribution in [-0.2, 0) is 16.0 Å². The minimum atomic E-state index is -0.108. The Hall–Kier alpha value is -1.23. The molecule has 1 aliphatic heterocycles. The average Bonchev–Trinajstić information content (AvgIpc) is 2.51. The molecular formula is C15H15Cl3N2O2. The van der Waals surface area contributed by atoms with Gasteiger partial charge in [0.25, 0.3) is 0 Å². The van der Waals surface area contributed by atoms with Crippen molar-refractivity contribution in [1.29, 1.82) is 0 Å². The van der Waals surface area contributed by atoms with Gasteiger partial charge < -0.3 is 9.80 Å². The van der Waals surface area contributed by atoms with Gasteiger partial charge in [0.1, 0.15) is 0 Å². The molecule has 0 radical (unpaired) electrons. The molecule has 1 saturated heterocycles. The van der Waals surface area contributed by atoms with Gasteiger partial charge in [0, 0.05) is 26.2 Å². The molecule has 1 aromatic rings. The van der Waals surface area contributed by atoms with Gasteiger partial charge in [-0.05, 0) is 23.8 Å². The molecule has 2 rings (SSSR count). The van der Waals surface area contributed by atoms with Crippen LogP contribution in [0.15, 0.2) is 24.8 Å². The molecule has 1 aromatic carbocycles.